The van der Waals surface area contributed by atoms with Crippen molar-refractivity contribution in [1.29, 1.82) is 0 Å². The van der Waals surface area contributed by atoms with Crippen molar-refractivity contribution in [2.24, 2.45) is 22.3 Å². The van der Waals surface area contributed by atoms with Gasteiger partial charge in [-0.2, -0.15) is 0 Å². The first-order valence-corrected chi connectivity index (χ1v) is 13.3. The number of aliphatic imine (C=N–C) groups is 1. The Morgan fingerprint density at radius 3 is 2.23 bits per heavy atom. The number of halogens is 1. The van der Waals surface area contributed by atoms with E-state index in [2.05, 4.69) is 26.4 Å². The molecule has 3 amide bonds. The molecule has 14 heteroatoms. The molecule has 0 bridgehead atoms. The van der Waals surface area contributed by atoms with Crippen molar-refractivity contribution < 1.29 is 24.3 Å². The number of hydrogen-bond donors (Lipinski definition) is 8. The minimum Gasteiger partial charge on any atom is -0.508 e. The SMILES string of the molecule is C[C@H](NC(=O)[C@@H](N)Cc1ccc(O)cc1)C(=O)N[C@@H](CCCCN)C(=O)NC(CCCN=CNN)C(=O)CCl. The molecule has 0 fully saturated rings. The highest BCUT2D eigenvalue weighted by Gasteiger charge is 2.28. The molecule has 0 heterocycles. The number of alkyl halides is 1. The molecule has 0 saturated carbocycles. The van der Waals surface area contributed by atoms with Crippen LogP contribution in [-0.4, -0.2) is 78.1 Å². The van der Waals surface area contributed by atoms with Gasteiger partial charge < -0.3 is 38.0 Å². The second-order valence-electron chi connectivity index (χ2n) is 9.06. The van der Waals surface area contributed by atoms with E-state index in [0.717, 1.165) is 5.56 Å². The molecular formula is C25H41ClN8O5. The number of aromatic hydroxyl groups is 1. The van der Waals surface area contributed by atoms with E-state index in [-0.39, 0.29) is 30.3 Å². The van der Waals surface area contributed by atoms with Gasteiger partial charge in [0.1, 0.15) is 17.8 Å². The average Bonchev–Trinajstić information content (AvgIpc) is 2.92. The molecule has 1 unspecified atom stereocenters. The number of hydrogen-bond acceptors (Lipinski definition) is 9. The first kappa shape index (κ1) is 33.8. The Kier molecular flexibility index (Phi) is 16.4. The highest BCUT2D eigenvalue weighted by Crippen LogP contribution is 2.11. The first-order valence-electron chi connectivity index (χ1n) is 12.8. The zero-order valence-electron chi connectivity index (χ0n) is 22.2. The number of rotatable bonds is 19. The van der Waals surface area contributed by atoms with Crippen molar-refractivity contribution in [2.45, 2.75) is 69.6 Å². The van der Waals surface area contributed by atoms with Crippen LogP contribution in [0.1, 0.15) is 44.6 Å². The van der Waals surface area contributed by atoms with Crippen molar-refractivity contribution >= 4 is 41.4 Å². The molecule has 0 aliphatic rings. The van der Waals surface area contributed by atoms with E-state index >= 15 is 0 Å². The summed E-state index contributed by atoms with van der Waals surface area (Å²) in [5, 5.41) is 17.3. The number of unbranched alkanes of at least 4 members (excludes halogenated alkanes) is 1. The van der Waals surface area contributed by atoms with Gasteiger partial charge in [0.2, 0.25) is 17.7 Å². The Morgan fingerprint density at radius 1 is 0.974 bits per heavy atom. The standard InChI is InChI=1S/C25H41ClN8O5/c1-16(32-24(38)19(28)13-17-7-9-18(35)10-8-17)23(37)34-21(5-2-3-11-27)25(39)33-20(22(36)14-26)6-4-12-30-15-31-29/h7-10,15-16,19-21,35H,2-6,11-14,27-29H2,1H3,(H,30,31)(H,32,38)(H,33,39)(H,34,37)/t16-,19-,20?,21-/m0/s1. The summed E-state index contributed by atoms with van der Waals surface area (Å²) >= 11 is 5.73. The van der Waals surface area contributed by atoms with Gasteiger partial charge in [0.15, 0.2) is 5.78 Å². The van der Waals surface area contributed by atoms with Crippen LogP contribution in [0.3, 0.4) is 0 Å². The molecule has 4 atom stereocenters. The van der Waals surface area contributed by atoms with Gasteiger partial charge >= 0.3 is 0 Å². The van der Waals surface area contributed by atoms with E-state index in [0.29, 0.717) is 38.8 Å². The molecule has 0 aliphatic heterocycles. The maximum Gasteiger partial charge on any atom is 0.243 e. The maximum absolute atomic E-state index is 13.1. The quantitative estimate of drug-likeness (QED) is 0.0254. The summed E-state index contributed by atoms with van der Waals surface area (Å²) in [6, 6.07) is 2.56. The fourth-order valence-electron chi connectivity index (χ4n) is 3.61. The molecule has 13 nitrogen and oxygen atoms in total. The Bertz CT molecular complexity index is 947. The van der Waals surface area contributed by atoms with E-state index in [9.17, 15) is 24.3 Å². The lowest BCUT2D eigenvalue weighted by Gasteiger charge is -2.24. The maximum atomic E-state index is 13.1. The topological polar surface area (TPSA) is 227 Å². The highest BCUT2D eigenvalue weighted by atomic mass is 35.5. The monoisotopic (exact) mass is 568 g/mol. The molecule has 1 rings (SSSR count). The average molecular weight is 569 g/mol. The van der Waals surface area contributed by atoms with Gasteiger partial charge in [-0.25, -0.2) is 5.84 Å². The van der Waals surface area contributed by atoms with Gasteiger partial charge in [-0.3, -0.25) is 24.2 Å². The van der Waals surface area contributed by atoms with E-state index in [4.69, 9.17) is 28.9 Å². The van der Waals surface area contributed by atoms with Crippen molar-refractivity contribution in [3.8, 4) is 5.75 Å². The molecule has 1 aromatic rings. The number of ketones is 1. The van der Waals surface area contributed by atoms with Gasteiger partial charge in [0, 0.05) is 6.54 Å². The van der Waals surface area contributed by atoms with Crippen LogP contribution in [0.2, 0.25) is 0 Å². The number of hydrazine groups is 1. The van der Waals surface area contributed by atoms with Crippen LogP contribution in [0.5, 0.6) is 5.75 Å². The summed E-state index contributed by atoms with van der Waals surface area (Å²) < 4.78 is 0. The lowest BCUT2D eigenvalue weighted by Crippen LogP contribution is -2.56. The largest absolute Gasteiger partial charge is 0.508 e. The molecule has 11 N–H and O–H groups in total. The van der Waals surface area contributed by atoms with Crippen LogP contribution in [0.4, 0.5) is 0 Å². The summed E-state index contributed by atoms with van der Waals surface area (Å²) in [6.07, 6.45) is 3.79. The van der Waals surface area contributed by atoms with E-state index in [1.807, 2.05) is 0 Å². The minimum atomic E-state index is -0.984. The van der Waals surface area contributed by atoms with Crippen molar-refractivity contribution in [1.82, 2.24) is 21.4 Å². The molecule has 0 aliphatic carbocycles. The van der Waals surface area contributed by atoms with Crippen LogP contribution in [0.15, 0.2) is 29.3 Å². The fourth-order valence-corrected chi connectivity index (χ4v) is 3.79. The van der Waals surface area contributed by atoms with E-state index in [1.165, 1.54) is 25.4 Å². The summed E-state index contributed by atoms with van der Waals surface area (Å²) in [4.78, 5) is 54.8. The highest BCUT2D eigenvalue weighted by molar-refractivity contribution is 6.28. The number of phenols is 1. The lowest BCUT2D eigenvalue weighted by atomic mass is 10.0. The Hall–Kier alpha value is -3.26. The predicted octanol–water partition coefficient (Wildman–Crippen LogP) is -1.05. The van der Waals surface area contributed by atoms with Crippen LogP contribution in [0, 0.1) is 0 Å². The van der Waals surface area contributed by atoms with E-state index in [1.54, 1.807) is 12.1 Å². The Labute approximate surface area is 233 Å². The summed E-state index contributed by atoms with van der Waals surface area (Å²) in [5.74, 6) is 2.90. The molecule has 39 heavy (non-hydrogen) atoms. The number of benzene rings is 1. The third-order valence-corrected chi connectivity index (χ3v) is 6.11. The molecular weight excluding hydrogens is 528 g/mol. The van der Waals surface area contributed by atoms with Gasteiger partial charge in [-0.15, -0.1) is 11.6 Å². The summed E-state index contributed by atoms with van der Waals surface area (Å²) in [5.41, 5.74) is 14.6. The third kappa shape index (κ3) is 13.4. The summed E-state index contributed by atoms with van der Waals surface area (Å²) in [6.45, 7) is 2.28. The van der Waals surface area contributed by atoms with Crippen LogP contribution in [-0.2, 0) is 25.6 Å². The molecule has 0 saturated heterocycles. The third-order valence-electron chi connectivity index (χ3n) is 5.84. The molecule has 1 aromatic carbocycles. The Morgan fingerprint density at radius 2 is 1.62 bits per heavy atom. The zero-order chi connectivity index (χ0) is 29.2. The second kappa shape index (κ2) is 18.9. The van der Waals surface area contributed by atoms with Crippen molar-refractivity contribution in [3.05, 3.63) is 29.8 Å². The number of nitrogens with two attached hydrogens (primary N) is 3. The predicted molar refractivity (Wildman–Crippen MR) is 150 cm³/mol. The molecule has 0 spiro atoms. The number of Topliss-reactive ketones (excluding diaryl/α,β-unsaturated/α-hetero) is 1. The Balaban J connectivity index is 2.78. The number of carbonyl (C=O) groups excluding carboxylic acids is 4. The number of amides is 3. The normalized spacial score (nSPS) is 14.2. The number of phenolic OH excluding ortho intramolecular Hbond substituents is 1. The van der Waals surface area contributed by atoms with Gasteiger partial charge in [-0.1, -0.05) is 12.1 Å². The molecule has 218 valence electrons. The first-order chi connectivity index (χ1) is 18.6. The molecule has 0 radical (unpaired) electrons. The number of nitrogens with one attached hydrogen (secondary N) is 4. The van der Waals surface area contributed by atoms with Crippen molar-refractivity contribution in [3.63, 3.8) is 0 Å². The van der Waals surface area contributed by atoms with Crippen molar-refractivity contribution in [2.75, 3.05) is 19.0 Å². The van der Waals surface area contributed by atoms with Gasteiger partial charge in [0.05, 0.1) is 24.3 Å². The van der Waals surface area contributed by atoms with Crippen LogP contribution < -0.4 is 38.7 Å². The van der Waals surface area contributed by atoms with E-state index < -0.39 is 41.9 Å². The number of carbonyl (C=O) groups is 4. The smallest absolute Gasteiger partial charge is 0.243 e. The fraction of sp³-hybridized carbons (Fsp3) is 0.560. The lowest BCUT2D eigenvalue weighted by molar-refractivity contribution is -0.133. The summed E-state index contributed by atoms with van der Waals surface area (Å²) in [7, 11) is 0. The molecule has 0 aromatic heterocycles. The van der Waals surface area contributed by atoms with Gasteiger partial charge in [-0.05, 0) is 69.7 Å². The number of nitrogens with zero attached hydrogens (tertiary/aromatic N) is 1. The second-order valence-corrected chi connectivity index (χ2v) is 9.33. The van der Waals surface area contributed by atoms with Crippen LogP contribution >= 0.6 is 11.6 Å². The van der Waals surface area contributed by atoms with Crippen LogP contribution in [0.25, 0.3) is 0 Å². The zero-order valence-corrected chi connectivity index (χ0v) is 23.0. The van der Waals surface area contributed by atoms with Gasteiger partial charge in [0.25, 0.3) is 0 Å². The minimum absolute atomic E-state index is 0.0969.